The Bertz CT molecular complexity index is 1070. The van der Waals surface area contributed by atoms with Crippen LogP contribution in [-0.2, 0) is 9.84 Å². The third-order valence-electron chi connectivity index (χ3n) is 4.18. The molecule has 8 nitrogen and oxygen atoms in total. The summed E-state index contributed by atoms with van der Waals surface area (Å²) in [6.45, 7) is 0.170. The molecule has 0 saturated carbocycles. The molecule has 140 valence electrons. The number of anilines is 1. The first-order valence-corrected chi connectivity index (χ1v) is 9.61. The molecule has 1 saturated heterocycles. The zero-order valence-electron chi connectivity index (χ0n) is 13.6. The van der Waals surface area contributed by atoms with E-state index in [2.05, 4.69) is 9.97 Å². The minimum absolute atomic E-state index is 0.0167. The summed E-state index contributed by atoms with van der Waals surface area (Å²) in [5.41, 5.74) is -0.230. The summed E-state index contributed by atoms with van der Waals surface area (Å²) in [5.74, 6) is -2.18. The van der Waals surface area contributed by atoms with Crippen LogP contribution in [0.3, 0.4) is 0 Å². The second-order valence-corrected chi connectivity index (χ2v) is 8.43. The third-order valence-corrected chi connectivity index (χ3v) is 6.84. The van der Waals surface area contributed by atoms with E-state index in [1.54, 1.807) is 6.07 Å². The highest BCUT2D eigenvalue weighted by atomic mass is 35.5. The Balaban J connectivity index is 1.93. The van der Waals surface area contributed by atoms with E-state index in [-0.39, 0.29) is 46.6 Å². The van der Waals surface area contributed by atoms with E-state index in [9.17, 15) is 22.7 Å². The van der Waals surface area contributed by atoms with Gasteiger partial charge in [0.25, 0.3) is 0 Å². The summed E-state index contributed by atoms with van der Waals surface area (Å²) in [7, 11) is -3.87. The second kappa shape index (κ2) is 7.09. The number of aromatic nitrogens is 2. The topological polar surface area (TPSA) is 124 Å². The fourth-order valence-electron chi connectivity index (χ4n) is 2.88. The third kappa shape index (κ3) is 3.56. The summed E-state index contributed by atoms with van der Waals surface area (Å²) in [5, 5.41) is 17.1. The van der Waals surface area contributed by atoms with Crippen LogP contribution in [0.5, 0.6) is 0 Å². The van der Waals surface area contributed by atoms with Gasteiger partial charge in [-0.1, -0.05) is 11.6 Å². The van der Waals surface area contributed by atoms with Crippen molar-refractivity contribution in [3.63, 3.8) is 0 Å². The van der Waals surface area contributed by atoms with Crippen molar-refractivity contribution in [1.82, 2.24) is 9.97 Å². The van der Waals surface area contributed by atoms with Crippen LogP contribution in [0.4, 0.5) is 10.2 Å². The van der Waals surface area contributed by atoms with E-state index < -0.39 is 26.9 Å². The molecule has 1 aliphatic rings. The fourth-order valence-corrected chi connectivity index (χ4v) is 5.11. The van der Waals surface area contributed by atoms with Gasteiger partial charge in [0.2, 0.25) is 5.82 Å². The number of carbonyl (C=O) groups is 1. The van der Waals surface area contributed by atoms with Crippen LogP contribution >= 0.6 is 11.6 Å². The van der Waals surface area contributed by atoms with Crippen LogP contribution in [0.1, 0.15) is 22.6 Å². The molecule has 1 N–H and O–H groups in total. The fraction of sp³-hybridized carbons (Fsp3) is 0.250. The molecule has 0 spiro atoms. The number of sulfone groups is 1. The van der Waals surface area contributed by atoms with Gasteiger partial charge in [0.15, 0.2) is 9.84 Å². The number of aromatic carboxylic acids is 1. The van der Waals surface area contributed by atoms with Gasteiger partial charge in [0.05, 0.1) is 15.2 Å². The SMILES string of the molecule is N#Cc1ncc(C(=O)O)c(N2CC[C@H](S(=O)(=O)c3ccc(F)cc3Cl)C2)n1. The first kappa shape index (κ1) is 19.0. The molecule has 3 rings (SSSR count). The Morgan fingerprint density at radius 1 is 1.44 bits per heavy atom. The average molecular weight is 411 g/mol. The zero-order valence-corrected chi connectivity index (χ0v) is 15.2. The van der Waals surface area contributed by atoms with Gasteiger partial charge in [-0.25, -0.2) is 27.6 Å². The number of benzene rings is 1. The van der Waals surface area contributed by atoms with Crippen molar-refractivity contribution in [2.45, 2.75) is 16.6 Å². The zero-order chi connectivity index (χ0) is 19.8. The van der Waals surface area contributed by atoms with Crippen LogP contribution < -0.4 is 4.90 Å². The maximum Gasteiger partial charge on any atom is 0.341 e. The van der Waals surface area contributed by atoms with E-state index in [1.165, 1.54) is 4.90 Å². The van der Waals surface area contributed by atoms with Crippen molar-refractivity contribution in [3.8, 4) is 6.07 Å². The van der Waals surface area contributed by atoms with Crippen LogP contribution in [0.15, 0.2) is 29.3 Å². The smallest absolute Gasteiger partial charge is 0.341 e. The minimum atomic E-state index is -3.87. The predicted molar refractivity (Wildman–Crippen MR) is 92.9 cm³/mol. The number of hydrogen-bond donors (Lipinski definition) is 1. The highest BCUT2D eigenvalue weighted by Gasteiger charge is 2.37. The maximum atomic E-state index is 13.2. The van der Waals surface area contributed by atoms with Gasteiger partial charge < -0.3 is 10.0 Å². The number of nitriles is 1. The highest BCUT2D eigenvalue weighted by molar-refractivity contribution is 7.92. The molecule has 2 heterocycles. The van der Waals surface area contributed by atoms with Gasteiger partial charge in [-0.3, -0.25) is 0 Å². The molecule has 11 heteroatoms. The second-order valence-electron chi connectivity index (χ2n) is 5.82. The molecule has 0 unspecified atom stereocenters. The van der Waals surface area contributed by atoms with Crippen LogP contribution in [0, 0.1) is 17.1 Å². The first-order chi connectivity index (χ1) is 12.7. The van der Waals surface area contributed by atoms with Gasteiger partial charge in [-0.2, -0.15) is 5.26 Å². The quantitative estimate of drug-likeness (QED) is 0.757. The molecule has 0 amide bonds. The van der Waals surface area contributed by atoms with Gasteiger partial charge in [-0.15, -0.1) is 0 Å². The van der Waals surface area contributed by atoms with Crippen molar-refractivity contribution >= 4 is 33.2 Å². The molecule has 27 heavy (non-hydrogen) atoms. The van der Waals surface area contributed by atoms with E-state index in [0.29, 0.717) is 0 Å². The Hall–Kier alpha value is -2.77. The summed E-state index contributed by atoms with van der Waals surface area (Å²) in [4.78, 5) is 20.2. The van der Waals surface area contributed by atoms with Gasteiger partial charge in [0, 0.05) is 19.3 Å². The minimum Gasteiger partial charge on any atom is -0.477 e. The lowest BCUT2D eigenvalue weighted by Gasteiger charge is -2.19. The Morgan fingerprint density at radius 3 is 2.81 bits per heavy atom. The van der Waals surface area contributed by atoms with Gasteiger partial charge in [0.1, 0.15) is 23.3 Å². The standard InChI is InChI=1S/C16H12ClFN4O4S/c17-12-5-9(18)1-2-13(12)27(25,26)10-3-4-22(8-10)15-11(16(23)24)7-20-14(6-19)21-15/h1-2,5,7,10H,3-4,8H2,(H,23,24)/t10-/m0/s1. The molecule has 1 aromatic carbocycles. The lowest BCUT2D eigenvalue weighted by atomic mass is 10.3. The lowest BCUT2D eigenvalue weighted by Crippen LogP contribution is -2.29. The van der Waals surface area contributed by atoms with Crippen LogP contribution in [0.2, 0.25) is 5.02 Å². The Morgan fingerprint density at radius 2 is 2.19 bits per heavy atom. The molecular formula is C16H12ClFN4O4S. The van der Waals surface area contributed by atoms with Gasteiger partial charge in [-0.05, 0) is 24.6 Å². The monoisotopic (exact) mass is 410 g/mol. The largest absolute Gasteiger partial charge is 0.477 e. The molecule has 0 radical (unpaired) electrons. The maximum absolute atomic E-state index is 13.2. The summed E-state index contributed by atoms with van der Waals surface area (Å²) in [6.07, 6.45) is 1.21. The average Bonchev–Trinajstić information content (AvgIpc) is 3.11. The van der Waals surface area contributed by atoms with Crippen molar-refractivity contribution in [1.29, 1.82) is 5.26 Å². The number of nitrogens with zero attached hydrogens (tertiary/aromatic N) is 4. The normalized spacial score (nSPS) is 16.9. The first-order valence-electron chi connectivity index (χ1n) is 7.68. The molecule has 2 aromatic rings. The number of carboxylic acid groups (broad SMARTS) is 1. The predicted octanol–water partition coefficient (Wildman–Crippen LogP) is 1.89. The van der Waals surface area contributed by atoms with E-state index in [4.69, 9.17) is 16.9 Å². The van der Waals surface area contributed by atoms with Crippen LogP contribution in [-0.4, -0.2) is 47.8 Å². The molecule has 0 aliphatic carbocycles. The summed E-state index contributed by atoms with van der Waals surface area (Å²) < 4.78 is 38.9. The summed E-state index contributed by atoms with van der Waals surface area (Å²) in [6, 6.07) is 4.77. The van der Waals surface area contributed by atoms with Crippen molar-refractivity contribution < 1.29 is 22.7 Å². The van der Waals surface area contributed by atoms with E-state index in [0.717, 1.165) is 24.4 Å². The highest BCUT2D eigenvalue weighted by Crippen LogP contribution is 2.31. The number of carboxylic acids is 1. The van der Waals surface area contributed by atoms with E-state index in [1.807, 2.05) is 0 Å². The van der Waals surface area contributed by atoms with Gasteiger partial charge >= 0.3 is 5.97 Å². The molecule has 1 fully saturated rings. The molecular weight excluding hydrogens is 399 g/mol. The summed E-state index contributed by atoms with van der Waals surface area (Å²) >= 11 is 5.89. The number of halogens is 2. The molecule has 1 atom stereocenters. The Kier molecular flexibility index (Phi) is 4.99. The molecule has 1 aromatic heterocycles. The molecule has 1 aliphatic heterocycles. The number of hydrogen-bond acceptors (Lipinski definition) is 7. The van der Waals surface area contributed by atoms with Crippen LogP contribution in [0.25, 0.3) is 0 Å². The van der Waals surface area contributed by atoms with Crippen molar-refractivity contribution in [2.75, 3.05) is 18.0 Å². The molecule has 0 bridgehead atoms. The van der Waals surface area contributed by atoms with E-state index >= 15 is 0 Å². The Labute approximate surface area is 158 Å². The lowest BCUT2D eigenvalue weighted by molar-refractivity contribution is 0.0696. The van der Waals surface area contributed by atoms with Crippen molar-refractivity contribution in [2.24, 2.45) is 0 Å². The number of rotatable bonds is 4. The van der Waals surface area contributed by atoms with Crippen molar-refractivity contribution in [3.05, 3.63) is 46.6 Å².